The Morgan fingerprint density at radius 3 is 1.93 bits per heavy atom. The molecule has 0 radical (unpaired) electrons. The van der Waals surface area contributed by atoms with E-state index in [0.29, 0.717) is 11.5 Å². The average Bonchev–Trinajstić information content (AvgIpc) is 2.60. The molecule has 3 heteroatoms. The van der Waals surface area contributed by atoms with Crippen molar-refractivity contribution in [1.29, 1.82) is 0 Å². The highest BCUT2D eigenvalue weighted by Crippen LogP contribution is 2.45. The van der Waals surface area contributed by atoms with E-state index >= 15 is 0 Å². The SMILES string of the molecule is C=C(CC1=C(C(C)(C)C)C=C(C(C)(C)C)CC1)c1cc(OC)c(O)c(OC)c1. The van der Waals surface area contributed by atoms with E-state index < -0.39 is 0 Å². The summed E-state index contributed by atoms with van der Waals surface area (Å²) in [7, 11) is 3.09. The Kier molecular flexibility index (Phi) is 6.37. The van der Waals surface area contributed by atoms with E-state index in [1.807, 2.05) is 12.1 Å². The summed E-state index contributed by atoms with van der Waals surface area (Å²) >= 11 is 0. The van der Waals surface area contributed by atoms with Gasteiger partial charge in [-0.2, -0.15) is 0 Å². The van der Waals surface area contributed by atoms with Crippen LogP contribution >= 0.6 is 0 Å². The molecular weight excluding hydrogens is 348 g/mol. The van der Waals surface area contributed by atoms with Crippen molar-refractivity contribution < 1.29 is 14.6 Å². The lowest BCUT2D eigenvalue weighted by Gasteiger charge is -2.34. The number of aromatic hydroxyl groups is 1. The summed E-state index contributed by atoms with van der Waals surface area (Å²) < 4.78 is 10.6. The van der Waals surface area contributed by atoms with E-state index in [4.69, 9.17) is 9.47 Å². The van der Waals surface area contributed by atoms with Gasteiger partial charge in [0.25, 0.3) is 0 Å². The van der Waals surface area contributed by atoms with E-state index in [1.165, 1.54) is 16.7 Å². The van der Waals surface area contributed by atoms with Gasteiger partial charge in [-0.05, 0) is 58.9 Å². The first-order valence-corrected chi connectivity index (χ1v) is 9.95. The maximum atomic E-state index is 10.2. The van der Waals surface area contributed by atoms with E-state index in [-0.39, 0.29) is 16.6 Å². The highest BCUT2D eigenvalue weighted by atomic mass is 16.5. The molecule has 0 aromatic heterocycles. The number of hydrogen-bond donors (Lipinski definition) is 1. The molecule has 1 aromatic rings. The Balaban J connectivity index is 2.44. The highest BCUT2D eigenvalue weighted by molar-refractivity contribution is 5.71. The molecule has 0 spiro atoms. The summed E-state index contributed by atoms with van der Waals surface area (Å²) in [5.41, 5.74) is 6.57. The molecule has 0 saturated carbocycles. The van der Waals surface area contributed by atoms with Gasteiger partial charge in [0.15, 0.2) is 11.5 Å². The lowest BCUT2D eigenvalue weighted by molar-refractivity contribution is 0.339. The number of methoxy groups -OCH3 is 2. The fraction of sp³-hybridized carbons (Fsp3) is 0.520. The van der Waals surface area contributed by atoms with Gasteiger partial charge in [-0.25, -0.2) is 0 Å². The van der Waals surface area contributed by atoms with Crippen LogP contribution in [0.25, 0.3) is 5.57 Å². The number of rotatable bonds is 5. The summed E-state index contributed by atoms with van der Waals surface area (Å²) in [6.07, 6.45) is 5.37. The summed E-state index contributed by atoms with van der Waals surface area (Å²) in [6.45, 7) is 18.0. The number of phenolic OH excluding ortho intramolecular Hbond substituents is 1. The first-order chi connectivity index (χ1) is 12.9. The Hall–Kier alpha value is -2.16. The summed E-state index contributed by atoms with van der Waals surface area (Å²) in [6, 6.07) is 3.66. The van der Waals surface area contributed by atoms with Gasteiger partial charge < -0.3 is 14.6 Å². The van der Waals surface area contributed by atoms with Crippen molar-refractivity contribution >= 4 is 5.57 Å². The molecule has 1 N–H and O–H groups in total. The second kappa shape index (κ2) is 8.06. The molecule has 2 rings (SSSR count). The third-order valence-electron chi connectivity index (χ3n) is 5.48. The minimum Gasteiger partial charge on any atom is -0.502 e. The zero-order valence-corrected chi connectivity index (χ0v) is 18.8. The Morgan fingerprint density at radius 2 is 1.50 bits per heavy atom. The van der Waals surface area contributed by atoms with Crippen LogP contribution in [0.2, 0.25) is 0 Å². The van der Waals surface area contributed by atoms with Gasteiger partial charge >= 0.3 is 0 Å². The van der Waals surface area contributed by atoms with Crippen LogP contribution in [-0.2, 0) is 0 Å². The molecule has 0 amide bonds. The molecule has 154 valence electrons. The van der Waals surface area contributed by atoms with Crippen LogP contribution < -0.4 is 9.47 Å². The monoisotopic (exact) mass is 384 g/mol. The summed E-state index contributed by atoms with van der Waals surface area (Å²) in [5, 5.41) is 10.2. The molecule has 1 aromatic carbocycles. The zero-order chi connectivity index (χ0) is 21.3. The van der Waals surface area contributed by atoms with Crippen molar-refractivity contribution in [3.8, 4) is 17.2 Å². The van der Waals surface area contributed by atoms with Crippen molar-refractivity contribution in [3.05, 3.63) is 47.1 Å². The van der Waals surface area contributed by atoms with Crippen molar-refractivity contribution in [1.82, 2.24) is 0 Å². The third kappa shape index (κ3) is 4.81. The third-order valence-corrected chi connectivity index (χ3v) is 5.48. The van der Waals surface area contributed by atoms with Crippen LogP contribution in [0.1, 0.15) is 66.4 Å². The quantitative estimate of drug-likeness (QED) is 0.598. The molecule has 3 nitrogen and oxygen atoms in total. The largest absolute Gasteiger partial charge is 0.502 e. The molecule has 0 atom stereocenters. The van der Waals surface area contributed by atoms with Crippen molar-refractivity contribution in [2.24, 2.45) is 10.8 Å². The Bertz CT molecular complexity index is 786. The van der Waals surface area contributed by atoms with Crippen LogP contribution in [-0.4, -0.2) is 19.3 Å². The summed E-state index contributed by atoms with van der Waals surface area (Å²) in [4.78, 5) is 0. The summed E-state index contributed by atoms with van der Waals surface area (Å²) in [5.74, 6) is 0.824. The predicted molar refractivity (Wildman–Crippen MR) is 118 cm³/mol. The standard InChI is InChI=1S/C25H36O3/c1-16(18-13-21(27-8)23(26)22(14-18)28-9)12-17-10-11-19(24(2,3)4)15-20(17)25(5,6)7/h13-15,26H,1,10-12H2,2-9H3. The molecule has 0 aliphatic heterocycles. The lowest BCUT2D eigenvalue weighted by atomic mass is 9.71. The Labute approximate surface area is 170 Å². The first-order valence-electron chi connectivity index (χ1n) is 9.95. The van der Waals surface area contributed by atoms with Gasteiger partial charge in [0.2, 0.25) is 5.75 Å². The number of phenols is 1. The molecule has 1 aliphatic carbocycles. The molecule has 0 fully saturated rings. The number of hydrogen-bond acceptors (Lipinski definition) is 3. The first kappa shape index (κ1) is 22.1. The Morgan fingerprint density at radius 1 is 0.964 bits per heavy atom. The predicted octanol–water partition coefficient (Wildman–Crippen LogP) is 6.92. The van der Waals surface area contributed by atoms with E-state index in [1.54, 1.807) is 14.2 Å². The van der Waals surface area contributed by atoms with Gasteiger partial charge in [0.05, 0.1) is 14.2 Å². The van der Waals surface area contributed by atoms with Crippen LogP contribution in [0.3, 0.4) is 0 Å². The second-order valence-electron chi connectivity index (χ2n) is 9.70. The van der Waals surface area contributed by atoms with Gasteiger partial charge in [0.1, 0.15) is 0 Å². The average molecular weight is 385 g/mol. The fourth-order valence-corrected chi connectivity index (χ4v) is 3.75. The molecular formula is C25H36O3. The van der Waals surface area contributed by atoms with E-state index in [9.17, 15) is 5.11 Å². The minimum atomic E-state index is 0.0200. The molecule has 0 bridgehead atoms. The van der Waals surface area contributed by atoms with Gasteiger partial charge in [0, 0.05) is 0 Å². The lowest BCUT2D eigenvalue weighted by Crippen LogP contribution is -2.19. The van der Waals surface area contributed by atoms with Crippen molar-refractivity contribution in [2.75, 3.05) is 14.2 Å². The molecule has 1 aliphatic rings. The second-order valence-corrected chi connectivity index (χ2v) is 9.70. The van der Waals surface area contributed by atoms with Gasteiger partial charge in [-0.3, -0.25) is 0 Å². The highest BCUT2D eigenvalue weighted by Gasteiger charge is 2.28. The van der Waals surface area contributed by atoms with Crippen LogP contribution in [0.15, 0.2) is 41.5 Å². The normalized spacial score (nSPS) is 15.4. The minimum absolute atomic E-state index is 0.0200. The van der Waals surface area contributed by atoms with E-state index in [2.05, 4.69) is 54.2 Å². The number of allylic oxidation sites excluding steroid dienone is 5. The maximum absolute atomic E-state index is 10.2. The van der Waals surface area contributed by atoms with Crippen molar-refractivity contribution in [3.63, 3.8) is 0 Å². The van der Waals surface area contributed by atoms with Gasteiger partial charge in [-0.1, -0.05) is 65.3 Å². The molecule has 0 saturated heterocycles. The van der Waals surface area contributed by atoms with Crippen molar-refractivity contribution in [2.45, 2.75) is 60.8 Å². The fourth-order valence-electron chi connectivity index (χ4n) is 3.75. The maximum Gasteiger partial charge on any atom is 0.200 e. The van der Waals surface area contributed by atoms with Crippen LogP contribution in [0.5, 0.6) is 17.2 Å². The molecule has 0 unspecified atom stereocenters. The topological polar surface area (TPSA) is 38.7 Å². The van der Waals surface area contributed by atoms with Crippen LogP contribution in [0, 0.1) is 10.8 Å². The van der Waals surface area contributed by atoms with E-state index in [0.717, 1.165) is 30.4 Å². The number of benzene rings is 1. The molecule has 28 heavy (non-hydrogen) atoms. The zero-order valence-electron chi connectivity index (χ0n) is 18.8. The molecule has 0 heterocycles. The number of ether oxygens (including phenoxy) is 2. The van der Waals surface area contributed by atoms with Crippen LogP contribution in [0.4, 0.5) is 0 Å². The van der Waals surface area contributed by atoms with Gasteiger partial charge in [-0.15, -0.1) is 0 Å². The smallest absolute Gasteiger partial charge is 0.200 e.